The number of amides is 2. The fourth-order valence-corrected chi connectivity index (χ4v) is 1.07. The molecule has 0 heterocycles. The summed E-state index contributed by atoms with van der Waals surface area (Å²) in [5, 5.41) is 13.3. The number of nitrogens with one attached hydrogen (secondary N) is 2. The second-order valence-corrected chi connectivity index (χ2v) is 3.60. The Morgan fingerprint density at radius 2 is 1.82 bits per heavy atom. The molecule has 7 heteroatoms. The van der Waals surface area contributed by atoms with Gasteiger partial charge in [0.25, 0.3) is 0 Å². The van der Waals surface area contributed by atoms with Crippen LogP contribution in [-0.2, 0) is 14.4 Å². The van der Waals surface area contributed by atoms with Gasteiger partial charge in [0.2, 0.25) is 11.8 Å². The Labute approximate surface area is 99.7 Å². The molecule has 0 aromatic rings. The van der Waals surface area contributed by atoms with Crippen molar-refractivity contribution in [2.75, 3.05) is 6.54 Å². The van der Waals surface area contributed by atoms with Gasteiger partial charge in [0, 0.05) is 0 Å². The SMILES string of the molecule is CCC(N)C(=O)NCC(=O)NC(CC)C(=O)O. The fraction of sp³-hybridized carbons (Fsp3) is 0.700. The topological polar surface area (TPSA) is 122 Å². The molecule has 0 saturated carbocycles. The van der Waals surface area contributed by atoms with Gasteiger partial charge in [-0.15, -0.1) is 0 Å². The van der Waals surface area contributed by atoms with Crippen LogP contribution < -0.4 is 16.4 Å². The second-order valence-electron chi connectivity index (χ2n) is 3.60. The third-order valence-corrected chi connectivity index (χ3v) is 2.24. The van der Waals surface area contributed by atoms with E-state index in [2.05, 4.69) is 10.6 Å². The van der Waals surface area contributed by atoms with E-state index in [9.17, 15) is 14.4 Å². The van der Waals surface area contributed by atoms with Gasteiger partial charge in [0.1, 0.15) is 6.04 Å². The minimum Gasteiger partial charge on any atom is -0.480 e. The molecule has 0 aliphatic rings. The van der Waals surface area contributed by atoms with E-state index >= 15 is 0 Å². The molecule has 98 valence electrons. The molecule has 5 N–H and O–H groups in total. The van der Waals surface area contributed by atoms with Crippen LogP contribution in [0.1, 0.15) is 26.7 Å². The van der Waals surface area contributed by atoms with E-state index in [1.165, 1.54) is 0 Å². The third kappa shape index (κ3) is 5.86. The van der Waals surface area contributed by atoms with Gasteiger partial charge in [0.15, 0.2) is 0 Å². The summed E-state index contributed by atoms with van der Waals surface area (Å²) in [5.41, 5.74) is 5.44. The van der Waals surface area contributed by atoms with E-state index in [1.807, 2.05) is 0 Å². The van der Waals surface area contributed by atoms with Gasteiger partial charge in [-0.25, -0.2) is 4.79 Å². The van der Waals surface area contributed by atoms with Crippen LogP contribution in [0.5, 0.6) is 0 Å². The zero-order chi connectivity index (χ0) is 13.4. The molecule has 0 bridgehead atoms. The van der Waals surface area contributed by atoms with E-state index in [1.54, 1.807) is 13.8 Å². The minimum absolute atomic E-state index is 0.268. The highest BCUT2D eigenvalue weighted by atomic mass is 16.4. The minimum atomic E-state index is -1.10. The van der Waals surface area contributed by atoms with E-state index in [0.29, 0.717) is 6.42 Å². The average molecular weight is 245 g/mol. The van der Waals surface area contributed by atoms with Gasteiger partial charge < -0.3 is 21.5 Å². The highest BCUT2D eigenvalue weighted by Crippen LogP contribution is 1.90. The zero-order valence-electron chi connectivity index (χ0n) is 10.0. The molecule has 7 nitrogen and oxygen atoms in total. The van der Waals surface area contributed by atoms with Crippen LogP contribution in [0.15, 0.2) is 0 Å². The summed E-state index contributed by atoms with van der Waals surface area (Å²) >= 11 is 0. The van der Waals surface area contributed by atoms with E-state index in [-0.39, 0.29) is 13.0 Å². The zero-order valence-corrected chi connectivity index (χ0v) is 10.0. The summed E-state index contributed by atoms with van der Waals surface area (Å²) in [6, 6.07) is -1.58. The Morgan fingerprint density at radius 1 is 1.24 bits per heavy atom. The number of rotatable bonds is 7. The molecular formula is C10H19N3O4. The van der Waals surface area contributed by atoms with Crippen molar-refractivity contribution in [3.8, 4) is 0 Å². The lowest BCUT2D eigenvalue weighted by atomic mass is 10.2. The molecule has 0 spiro atoms. The highest BCUT2D eigenvalue weighted by Gasteiger charge is 2.18. The molecule has 0 saturated heterocycles. The number of nitrogens with two attached hydrogens (primary N) is 1. The van der Waals surface area contributed by atoms with Gasteiger partial charge in [-0.05, 0) is 12.8 Å². The van der Waals surface area contributed by atoms with Crippen LogP contribution in [0, 0.1) is 0 Å². The van der Waals surface area contributed by atoms with Gasteiger partial charge in [0.05, 0.1) is 12.6 Å². The number of aliphatic carboxylic acids is 1. The van der Waals surface area contributed by atoms with Crippen molar-refractivity contribution < 1.29 is 19.5 Å². The maximum absolute atomic E-state index is 11.3. The Kier molecular flexibility index (Phi) is 6.88. The summed E-state index contributed by atoms with van der Waals surface area (Å²) < 4.78 is 0. The molecule has 0 aromatic heterocycles. The van der Waals surface area contributed by atoms with Crippen molar-refractivity contribution in [2.24, 2.45) is 5.73 Å². The summed E-state index contributed by atoms with van der Waals surface area (Å²) in [5.74, 6) is -2.07. The standard InChI is InChI=1S/C10H19N3O4/c1-3-6(11)9(15)12-5-8(14)13-7(4-2)10(16)17/h6-7H,3-5,11H2,1-2H3,(H,12,15)(H,13,14)(H,16,17). The van der Waals surface area contributed by atoms with Gasteiger partial charge in [-0.2, -0.15) is 0 Å². The first-order valence-electron chi connectivity index (χ1n) is 5.47. The van der Waals surface area contributed by atoms with Gasteiger partial charge in [-0.1, -0.05) is 13.8 Å². The quantitative estimate of drug-likeness (QED) is 0.450. The van der Waals surface area contributed by atoms with Crippen LogP contribution in [0.25, 0.3) is 0 Å². The number of carbonyl (C=O) groups excluding carboxylic acids is 2. The van der Waals surface area contributed by atoms with Crippen molar-refractivity contribution in [2.45, 2.75) is 38.8 Å². The lowest BCUT2D eigenvalue weighted by Gasteiger charge is -2.13. The first-order valence-corrected chi connectivity index (χ1v) is 5.47. The first kappa shape index (κ1) is 15.4. The van der Waals surface area contributed by atoms with Crippen LogP contribution >= 0.6 is 0 Å². The Hall–Kier alpha value is -1.63. The number of carboxylic acids is 1. The maximum Gasteiger partial charge on any atom is 0.326 e. The number of hydrogen-bond acceptors (Lipinski definition) is 4. The summed E-state index contributed by atoms with van der Waals surface area (Å²) in [6.45, 7) is 3.13. The molecular weight excluding hydrogens is 226 g/mol. The van der Waals surface area contributed by atoms with Crippen LogP contribution in [0.3, 0.4) is 0 Å². The molecule has 2 amide bonds. The van der Waals surface area contributed by atoms with Crippen LogP contribution in [0.4, 0.5) is 0 Å². The average Bonchev–Trinajstić information content (AvgIpc) is 2.31. The van der Waals surface area contributed by atoms with E-state index < -0.39 is 29.9 Å². The normalized spacial score (nSPS) is 13.6. The van der Waals surface area contributed by atoms with Crippen molar-refractivity contribution in [1.82, 2.24) is 10.6 Å². The summed E-state index contributed by atoms with van der Waals surface area (Å²) in [7, 11) is 0. The van der Waals surface area contributed by atoms with Crippen LogP contribution in [-0.4, -0.2) is 41.5 Å². The number of hydrogen-bond donors (Lipinski definition) is 4. The predicted molar refractivity (Wildman–Crippen MR) is 61.1 cm³/mol. The molecule has 0 fully saturated rings. The fourth-order valence-electron chi connectivity index (χ4n) is 1.07. The van der Waals surface area contributed by atoms with Gasteiger partial charge >= 0.3 is 5.97 Å². The smallest absolute Gasteiger partial charge is 0.326 e. The summed E-state index contributed by atoms with van der Waals surface area (Å²) in [4.78, 5) is 33.2. The molecule has 17 heavy (non-hydrogen) atoms. The molecule has 2 unspecified atom stereocenters. The molecule has 0 aliphatic heterocycles. The largest absolute Gasteiger partial charge is 0.480 e. The monoisotopic (exact) mass is 245 g/mol. The molecule has 0 aromatic carbocycles. The van der Waals surface area contributed by atoms with E-state index in [4.69, 9.17) is 10.8 Å². The van der Waals surface area contributed by atoms with Crippen LogP contribution in [0.2, 0.25) is 0 Å². The number of carbonyl (C=O) groups is 3. The van der Waals surface area contributed by atoms with E-state index in [0.717, 1.165) is 0 Å². The predicted octanol–water partition coefficient (Wildman–Crippen LogP) is -1.18. The Morgan fingerprint density at radius 3 is 2.24 bits per heavy atom. The molecule has 2 atom stereocenters. The van der Waals surface area contributed by atoms with Crippen molar-refractivity contribution >= 4 is 17.8 Å². The number of carboxylic acid groups (broad SMARTS) is 1. The van der Waals surface area contributed by atoms with Gasteiger partial charge in [-0.3, -0.25) is 9.59 Å². The lowest BCUT2D eigenvalue weighted by Crippen LogP contribution is -2.48. The Bertz CT molecular complexity index is 293. The first-order chi connectivity index (χ1) is 7.92. The summed E-state index contributed by atoms with van der Waals surface area (Å²) in [6.07, 6.45) is 0.754. The maximum atomic E-state index is 11.3. The second kappa shape index (κ2) is 7.61. The van der Waals surface area contributed by atoms with Crippen molar-refractivity contribution in [3.05, 3.63) is 0 Å². The highest BCUT2D eigenvalue weighted by molar-refractivity contribution is 5.89. The van der Waals surface area contributed by atoms with Crippen molar-refractivity contribution in [1.29, 1.82) is 0 Å². The molecule has 0 aliphatic carbocycles. The molecule has 0 radical (unpaired) electrons. The third-order valence-electron chi connectivity index (χ3n) is 2.24. The molecule has 0 rings (SSSR count). The lowest BCUT2D eigenvalue weighted by molar-refractivity contribution is -0.141. The Balaban J connectivity index is 4.03. The van der Waals surface area contributed by atoms with Crippen molar-refractivity contribution in [3.63, 3.8) is 0 Å².